The molecule has 0 spiro atoms. The zero-order chi connectivity index (χ0) is 22.7. The van der Waals surface area contributed by atoms with E-state index in [0.29, 0.717) is 28.4 Å². The summed E-state index contributed by atoms with van der Waals surface area (Å²) in [6.07, 6.45) is 0. The van der Waals surface area contributed by atoms with Crippen LogP contribution < -0.4 is 20.1 Å². The predicted octanol–water partition coefficient (Wildman–Crippen LogP) is 5.21. The van der Waals surface area contributed by atoms with Crippen molar-refractivity contribution < 1.29 is 27.4 Å². The fraction of sp³-hybridized carbons (Fsp3) is 0.0909. The Bertz CT molecular complexity index is 1280. The Morgan fingerprint density at radius 1 is 0.969 bits per heavy atom. The number of urea groups is 1. The van der Waals surface area contributed by atoms with E-state index in [1.807, 2.05) is 0 Å². The van der Waals surface area contributed by atoms with Crippen LogP contribution >= 0.6 is 0 Å². The van der Waals surface area contributed by atoms with Crippen LogP contribution in [0.3, 0.4) is 0 Å². The fourth-order valence-corrected chi connectivity index (χ4v) is 2.98. The van der Waals surface area contributed by atoms with Gasteiger partial charge in [-0.05, 0) is 54.6 Å². The topological polar surface area (TPSA) is 88.3 Å². The summed E-state index contributed by atoms with van der Waals surface area (Å²) in [4.78, 5) is 12.3. The van der Waals surface area contributed by atoms with Crippen molar-refractivity contribution in [3.05, 3.63) is 77.6 Å². The van der Waals surface area contributed by atoms with Crippen LogP contribution in [0.1, 0.15) is 5.56 Å². The van der Waals surface area contributed by atoms with Gasteiger partial charge in [-0.15, -0.1) is 0 Å². The number of fused-ring (bicyclic) bond motifs is 1. The van der Waals surface area contributed by atoms with Gasteiger partial charge in [0, 0.05) is 11.1 Å². The second-order valence-corrected chi connectivity index (χ2v) is 6.70. The lowest BCUT2D eigenvalue weighted by molar-refractivity contribution is 0.262. The van der Waals surface area contributed by atoms with E-state index in [9.17, 15) is 18.0 Å². The quantitative estimate of drug-likeness (QED) is 0.358. The number of H-pyrrole nitrogens is 1. The molecule has 0 aliphatic heterocycles. The molecule has 32 heavy (non-hydrogen) atoms. The number of hydrogen-bond acceptors (Lipinski definition) is 4. The first kappa shape index (κ1) is 21.0. The fourth-order valence-electron chi connectivity index (χ4n) is 2.98. The van der Waals surface area contributed by atoms with Crippen LogP contribution in [0.4, 0.5) is 29.5 Å². The number of aromatic nitrogens is 2. The number of nitrogens with zero attached hydrogens (tertiary/aromatic N) is 1. The number of anilines is 2. The molecule has 0 radical (unpaired) electrons. The zero-order valence-electron chi connectivity index (χ0n) is 16.7. The number of amides is 2. The SMILES string of the molecule is COc1ccc(NC(=O)Nc2n[nH]c3ccc(OCc4c(F)ccc(F)c4F)cc23)cc1. The normalized spacial score (nSPS) is 10.8. The van der Waals surface area contributed by atoms with Crippen molar-refractivity contribution in [2.45, 2.75) is 6.61 Å². The molecule has 1 aromatic heterocycles. The van der Waals surface area contributed by atoms with E-state index in [2.05, 4.69) is 20.8 Å². The van der Waals surface area contributed by atoms with Crippen molar-refractivity contribution >= 4 is 28.4 Å². The molecule has 4 rings (SSSR count). The number of rotatable bonds is 6. The number of ether oxygens (including phenoxy) is 2. The van der Waals surface area contributed by atoms with Crippen molar-refractivity contribution in [2.75, 3.05) is 17.7 Å². The molecule has 0 fully saturated rings. The Kier molecular flexibility index (Phi) is 5.84. The van der Waals surface area contributed by atoms with Gasteiger partial charge in [0.1, 0.15) is 23.9 Å². The number of hydrogen-bond donors (Lipinski definition) is 3. The number of methoxy groups -OCH3 is 1. The predicted molar refractivity (Wildman–Crippen MR) is 112 cm³/mol. The summed E-state index contributed by atoms with van der Waals surface area (Å²) in [5, 5.41) is 12.6. The summed E-state index contributed by atoms with van der Waals surface area (Å²) in [6, 6.07) is 12.5. The maximum atomic E-state index is 13.8. The molecular weight excluding hydrogens is 425 g/mol. The highest BCUT2D eigenvalue weighted by molar-refractivity contribution is 6.04. The number of aromatic amines is 1. The Balaban J connectivity index is 1.47. The van der Waals surface area contributed by atoms with E-state index < -0.39 is 35.7 Å². The smallest absolute Gasteiger partial charge is 0.324 e. The molecule has 0 atom stereocenters. The molecule has 164 valence electrons. The van der Waals surface area contributed by atoms with Crippen LogP contribution in [-0.4, -0.2) is 23.3 Å². The van der Waals surface area contributed by atoms with E-state index >= 15 is 0 Å². The van der Waals surface area contributed by atoms with E-state index in [-0.39, 0.29) is 11.6 Å². The number of carbonyl (C=O) groups excluding carboxylic acids is 1. The van der Waals surface area contributed by atoms with Crippen LogP contribution in [0.2, 0.25) is 0 Å². The Morgan fingerprint density at radius 2 is 1.69 bits per heavy atom. The summed E-state index contributed by atoms with van der Waals surface area (Å²) >= 11 is 0. The minimum absolute atomic E-state index is 0.222. The average molecular weight is 442 g/mol. The molecule has 0 saturated carbocycles. The lowest BCUT2D eigenvalue weighted by atomic mass is 10.2. The molecule has 10 heteroatoms. The number of benzene rings is 3. The maximum Gasteiger partial charge on any atom is 0.324 e. The first-order valence-electron chi connectivity index (χ1n) is 9.40. The zero-order valence-corrected chi connectivity index (χ0v) is 16.7. The number of nitrogens with one attached hydrogen (secondary N) is 3. The summed E-state index contributed by atoms with van der Waals surface area (Å²) in [5.74, 6) is -2.25. The molecule has 0 bridgehead atoms. The lowest BCUT2D eigenvalue weighted by Gasteiger charge is -2.09. The van der Waals surface area contributed by atoms with Gasteiger partial charge in [-0.25, -0.2) is 18.0 Å². The molecule has 1 heterocycles. The van der Waals surface area contributed by atoms with Crippen LogP contribution in [0.5, 0.6) is 11.5 Å². The highest BCUT2D eigenvalue weighted by atomic mass is 19.2. The van der Waals surface area contributed by atoms with Crippen molar-refractivity contribution in [3.8, 4) is 11.5 Å². The standard InChI is InChI=1S/C22H17F3N4O3/c1-31-13-4-2-12(3-5-13)26-22(30)27-21-15-10-14(6-9-19(15)28-29-21)32-11-16-17(23)7-8-18(24)20(16)25/h2-10H,11H2,1H3,(H3,26,27,28,29,30). The van der Waals surface area contributed by atoms with Crippen LogP contribution in [0.25, 0.3) is 10.9 Å². The Hall–Kier alpha value is -4.21. The molecule has 3 N–H and O–H groups in total. The number of halogens is 3. The highest BCUT2D eigenvalue weighted by Gasteiger charge is 2.15. The minimum Gasteiger partial charge on any atom is -0.497 e. The van der Waals surface area contributed by atoms with Crippen molar-refractivity contribution in [1.29, 1.82) is 0 Å². The molecule has 7 nitrogen and oxygen atoms in total. The second kappa shape index (κ2) is 8.88. The monoisotopic (exact) mass is 442 g/mol. The van der Waals surface area contributed by atoms with Gasteiger partial charge in [-0.3, -0.25) is 10.4 Å². The van der Waals surface area contributed by atoms with Crippen molar-refractivity contribution in [2.24, 2.45) is 0 Å². The van der Waals surface area contributed by atoms with Crippen LogP contribution in [0, 0.1) is 17.5 Å². The van der Waals surface area contributed by atoms with E-state index in [1.165, 1.54) is 6.07 Å². The van der Waals surface area contributed by atoms with Crippen molar-refractivity contribution in [3.63, 3.8) is 0 Å². The molecule has 4 aromatic rings. The van der Waals surface area contributed by atoms with E-state index in [0.717, 1.165) is 6.07 Å². The van der Waals surface area contributed by atoms with Gasteiger partial charge in [-0.2, -0.15) is 5.10 Å². The van der Waals surface area contributed by atoms with Crippen LogP contribution in [0.15, 0.2) is 54.6 Å². The third-order valence-corrected chi connectivity index (χ3v) is 4.64. The highest BCUT2D eigenvalue weighted by Crippen LogP contribution is 2.27. The average Bonchev–Trinajstić information content (AvgIpc) is 3.18. The van der Waals surface area contributed by atoms with Gasteiger partial charge in [-0.1, -0.05) is 0 Å². The maximum absolute atomic E-state index is 13.8. The molecule has 3 aromatic carbocycles. The third-order valence-electron chi connectivity index (χ3n) is 4.64. The summed E-state index contributed by atoms with van der Waals surface area (Å²) in [5.41, 5.74) is 0.626. The van der Waals surface area contributed by atoms with Gasteiger partial charge in [0.15, 0.2) is 17.5 Å². The first-order valence-corrected chi connectivity index (χ1v) is 9.40. The van der Waals surface area contributed by atoms with Crippen LogP contribution in [-0.2, 0) is 6.61 Å². The van der Waals surface area contributed by atoms with E-state index in [1.54, 1.807) is 43.5 Å². The van der Waals surface area contributed by atoms with Crippen molar-refractivity contribution in [1.82, 2.24) is 10.2 Å². The Morgan fingerprint density at radius 3 is 2.44 bits per heavy atom. The molecule has 0 saturated heterocycles. The molecule has 0 aliphatic rings. The second-order valence-electron chi connectivity index (χ2n) is 6.70. The molecule has 0 unspecified atom stereocenters. The molecule has 2 amide bonds. The first-order chi connectivity index (χ1) is 15.4. The lowest BCUT2D eigenvalue weighted by Crippen LogP contribution is -2.19. The minimum atomic E-state index is -1.30. The Labute approximate surface area is 180 Å². The van der Waals surface area contributed by atoms with E-state index in [4.69, 9.17) is 9.47 Å². The van der Waals surface area contributed by atoms with Gasteiger partial charge in [0.2, 0.25) is 0 Å². The van der Waals surface area contributed by atoms with Gasteiger partial charge >= 0.3 is 6.03 Å². The molecule has 0 aliphatic carbocycles. The number of carbonyl (C=O) groups is 1. The van der Waals surface area contributed by atoms with Gasteiger partial charge in [0.05, 0.1) is 18.2 Å². The largest absolute Gasteiger partial charge is 0.497 e. The van der Waals surface area contributed by atoms with Gasteiger partial charge in [0.25, 0.3) is 0 Å². The summed E-state index contributed by atoms with van der Waals surface area (Å²) in [6.45, 7) is -0.514. The molecular formula is C22H17F3N4O3. The third kappa shape index (κ3) is 4.43. The summed E-state index contributed by atoms with van der Waals surface area (Å²) in [7, 11) is 1.54. The summed E-state index contributed by atoms with van der Waals surface area (Å²) < 4.78 is 51.5. The van der Waals surface area contributed by atoms with Gasteiger partial charge < -0.3 is 14.8 Å².